The summed E-state index contributed by atoms with van der Waals surface area (Å²) in [5.41, 5.74) is 1.81. The lowest BCUT2D eigenvalue weighted by Crippen LogP contribution is -2.56. The number of allylic oxidation sites excluding steroid dienone is 1. The Labute approximate surface area is 197 Å². The molecule has 7 atom stereocenters. The van der Waals surface area contributed by atoms with E-state index in [-0.39, 0.29) is 22.9 Å². The first kappa shape index (κ1) is 24.5. The highest BCUT2D eigenvalue weighted by molar-refractivity contribution is 6.48. The van der Waals surface area contributed by atoms with Crippen LogP contribution >= 0.6 is 0 Å². The number of ether oxygens (including phenoxy) is 1. The lowest BCUT2D eigenvalue weighted by atomic mass is 9.46. The minimum atomic E-state index is -0.777. The van der Waals surface area contributed by atoms with Crippen LogP contribution in [0.1, 0.15) is 79.1 Å². The van der Waals surface area contributed by atoms with Crippen molar-refractivity contribution in [3.63, 3.8) is 0 Å². The smallest absolute Gasteiger partial charge is 0.302 e. The molecule has 0 aromatic rings. The van der Waals surface area contributed by atoms with E-state index in [9.17, 15) is 9.90 Å². The summed E-state index contributed by atoms with van der Waals surface area (Å²) in [5, 5.41) is 11.1. The third-order valence-electron chi connectivity index (χ3n) is 9.89. The SMILES string of the molecule is CC(=O)OC[C@]12CCC(C(C)(C)C)CC1=CC[C@@H]1[C@@H]2CC[C@]2(CO[Si](C)C)[C@@H](O)CC[C@@H]12. The number of hydrogen-bond donors (Lipinski definition) is 1. The van der Waals surface area contributed by atoms with E-state index in [1.165, 1.54) is 6.42 Å². The largest absolute Gasteiger partial charge is 0.465 e. The fourth-order valence-corrected chi connectivity index (χ4v) is 8.59. The van der Waals surface area contributed by atoms with Crippen LogP contribution in [0.15, 0.2) is 11.6 Å². The first-order valence-electron chi connectivity index (χ1n) is 12.9. The topological polar surface area (TPSA) is 55.8 Å². The Morgan fingerprint density at radius 2 is 1.88 bits per heavy atom. The van der Waals surface area contributed by atoms with Gasteiger partial charge in [-0.1, -0.05) is 32.4 Å². The zero-order valence-electron chi connectivity index (χ0n) is 21.2. The van der Waals surface area contributed by atoms with Crippen LogP contribution in [0.5, 0.6) is 0 Å². The maximum absolute atomic E-state index is 11.9. The van der Waals surface area contributed by atoms with Gasteiger partial charge in [0.05, 0.1) is 6.10 Å². The van der Waals surface area contributed by atoms with Gasteiger partial charge in [-0.05, 0) is 93.5 Å². The number of rotatable bonds is 5. The number of aliphatic hydroxyl groups is 1. The normalized spacial score (nSPS) is 41.5. The minimum Gasteiger partial charge on any atom is -0.465 e. The molecule has 3 fully saturated rings. The van der Waals surface area contributed by atoms with Crippen molar-refractivity contribution in [3.05, 3.63) is 11.6 Å². The quantitative estimate of drug-likeness (QED) is 0.321. The highest BCUT2D eigenvalue weighted by Gasteiger charge is 2.62. The van der Waals surface area contributed by atoms with Crippen molar-refractivity contribution >= 4 is 15.0 Å². The molecule has 181 valence electrons. The third kappa shape index (κ3) is 4.15. The van der Waals surface area contributed by atoms with E-state index in [1.54, 1.807) is 12.5 Å². The Morgan fingerprint density at radius 1 is 1.12 bits per heavy atom. The molecule has 4 aliphatic carbocycles. The molecule has 0 aliphatic heterocycles. The molecule has 1 N–H and O–H groups in total. The second-order valence-electron chi connectivity index (χ2n) is 12.6. The van der Waals surface area contributed by atoms with E-state index >= 15 is 0 Å². The Bertz CT molecular complexity index is 740. The van der Waals surface area contributed by atoms with Crippen molar-refractivity contribution in [3.8, 4) is 0 Å². The van der Waals surface area contributed by atoms with Crippen LogP contribution in [0.25, 0.3) is 0 Å². The summed E-state index contributed by atoms with van der Waals surface area (Å²) in [4.78, 5) is 11.9. The first-order chi connectivity index (χ1) is 15.0. The molecule has 0 heterocycles. The van der Waals surface area contributed by atoms with Gasteiger partial charge in [-0.3, -0.25) is 4.79 Å². The van der Waals surface area contributed by atoms with Crippen LogP contribution in [-0.4, -0.2) is 39.4 Å². The van der Waals surface area contributed by atoms with Gasteiger partial charge in [0, 0.05) is 24.4 Å². The summed E-state index contributed by atoms with van der Waals surface area (Å²) in [5.74, 6) is 2.17. The van der Waals surface area contributed by atoms with Gasteiger partial charge in [0.25, 0.3) is 0 Å². The van der Waals surface area contributed by atoms with Crippen molar-refractivity contribution < 1.29 is 19.1 Å². The molecule has 0 bridgehead atoms. The predicted octanol–water partition coefficient (Wildman–Crippen LogP) is 5.76. The second-order valence-corrected chi connectivity index (χ2v) is 14.8. The Kier molecular flexibility index (Phi) is 6.77. The molecular weight excluding hydrogens is 416 g/mol. The van der Waals surface area contributed by atoms with E-state index in [2.05, 4.69) is 39.9 Å². The van der Waals surface area contributed by atoms with Crippen LogP contribution in [0.4, 0.5) is 0 Å². The molecule has 0 aromatic carbocycles. The summed E-state index contributed by atoms with van der Waals surface area (Å²) in [6.07, 6.45) is 11.1. The zero-order chi connectivity index (χ0) is 23.3. The van der Waals surface area contributed by atoms with Gasteiger partial charge in [-0.2, -0.15) is 0 Å². The molecule has 0 aromatic heterocycles. The summed E-state index contributed by atoms with van der Waals surface area (Å²) in [6.45, 7) is 14.3. The molecule has 1 radical (unpaired) electrons. The van der Waals surface area contributed by atoms with E-state index in [0.29, 0.717) is 35.7 Å². The highest BCUT2D eigenvalue weighted by atomic mass is 28.3. The van der Waals surface area contributed by atoms with Crippen molar-refractivity contribution in [2.45, 2.75) is 98.3 Å². The van der Waals surface area contributed by atoms with Crippen LogP contribution in [0.3, 0.4) is 0 Å². The standard InChI is InChI=1S/C27H45O4Si/c1-18(28)30-16-26-13-11-19(25(2,3)4)15-20(26)7-8-21-22-9-10-24(29)27(22,14-12-23(21)26)17-31-32(5)6/h7,19,21-24,29H,8-17H2,1-6H3/t19?,21-,22-,23-,24-,26+,27+/m0/s1. The monoisotopic (exact) mass is 461 g/mol. The fraction of sp³-hybridized carbons (Fsp3) is 0.889. The number of hydrogen-bond acceptors (Lipinski definition) is 4. The lowest BCUT2D eigenvalue weighted by Gasteiger charge is -2.59. The molecule has 4 rings (SSSR count). The van der Waals surface area contributed by atoms with Gasteiger partial charge in [0.1, 0.15) is 6.61 Å². The minimum absolute atomic E-state index is 0.00135. The van der Waals surface area contributed by atoms with Crippen LogP contribution in [0, 0.1) is 39.9 Å². The average molecular weight is 462 g/mol. The molecule has 0 spiro atoms. The number of aliphatic hydroxyl groups excluding tert-OH is 1. The Morgan fingerprint density at radius 3 is 2.53 bits per heavy atom. The van der Waals surface area contributed by atoms with Crippen LogP contribution in [-0.2, 0) is 14.0 Å². The summed E-state index contributed by atoms with van der Waals surface area (Å²) >= 11 is 0. The second kappa shape index (κ2) is 8.85. The third-order valence-corrected chi connectivity index (χ3v) is 10.6. The Hall–Kier alpha value is -0.653. The average Bonchev–Trinajstić information content (AvgIpc) is 3.06. The van der Waals surface area contributed by atoms with Crippen molar-refractivity contribution in [1.82, 2.24) is 0 Å². The maximum atomic E-state index is 11.9. The van der Waals surface area contributed by atoms with E-state index in [4.69, 9.17) is 9.16 Å². The molecule has 3 saturated carbocycles. The molecule has 1 unspecified atom stereocenters. The molecule has 4 nitrogen and oxygen atoms in total. The van der Waals surface area contributed by atoms with Gasteiger partial charge in [0.2, 0.25) is 9.04 Å². The Balaban J connectivity index is 1.66. The van der Waals surface area contributed by atoms with E-state index in [0.717, 1.165) is 51.6 Å². The van der Waals surface area contributed by atoms with Gasteiger partial charge < -0.3 is 14.3 Å². The number of fused-ring (bicyclic) bond motifs is 5. The molecule has 0 amide bonds. The molecule has 5 heteroatoms. The van der Waals surface area contributed by atoms with E-state index in [1.807, 2.05) is 0 Å². The van der Waals surface area contributed by atoms with Crippen LogP contribution in [0.2, 0.25) is 13.1 Å². The van der Waals surface area contributed by atoms with Crippen molar-refractivity contribution in [1.29, 1.82) is 0 Å². The number of carbonyl (C=O) groups excluding carboxylic acids is 1. The first-order valence-corrected chi connectivity index (χ1v) is 15.3. The van der Waals surface area contributed by atoms with Crippen molar-refractivity contribution in [2.75, 3.05) is 13.2 Å². The highest BCUT2D eigenvalue weighted by Crippen LogP contribution is 2.66. The lowest BCUT2D eigenvalue weighted by molar-refractivity contribution is -0.151. The molecule has 32 heavy (non-hydrogen) atoms. The summed E-state index contributed by atoms with van der Waals surface area (Å²) in [6, 6.07) is 0. The van der Waals surface area contributed by atoms with Crippen molar-refractivity contribution in [2.24, 2.45) is 39.9 Å². The maximum Gasteiger partial charge on any atom is 0.302 e. The van der Waals surface area contributed by atoms with Gasteiger partial charge >= 0.3 is 5.97 Å². The zero-order valence-corrected chi connectivity index (χ0v) is 22.2. The summed E-state index contributed by atoms with van der Waals surface area (Å²) in [7, 11) is -0.777. The van der Waals surface area contributed by atoms with Crippen LogP contribution < -0.4 is 0 Å². The molecule has 0 saturated heterocycles. The molecular formula is C27H45O4Si. The number of esters is 1. The number of carbonyl (C=O) groups is 1. The van der Waals surface area contributed by atoms with E-state index < -0.39 is 9.04 Å². The van der Waals surface area contributed by atoms with Gasteiger partial charge in [0.15, 0.2) is 0 Å². The van der Waals surface area contributed by atoms with Gasteiger partial charge in [-0.25, -0.2) is 0 Å². The molecule has 4 aliphatic rings. The van der Waals surface area contributed by atoms with Gasteiger partial charge in [-0.15, -0.1) is 0 Å². The summed E-state index contributed by atoms with van der Waals surface area (Å²) < 4.78 is 12.1. The fourth-order valence-electron chi connectivity index (χ4n) is 8.03. The predicted molar refractivity (Wildman–Crippen MR) is 129 cm³/mol.